The number of nitrogens with zero attached hydrogens (tertiary/aromatic N) is 4. The summed E-state index contributed by atoms with van der Waals surface area (Å²) in [6.07, 6.45) is 1.77. The molecule has 4 rings (SSSR count). The molecule has 2 aromatic carbocycles. The summed E-state index contributed by atoms with van der Waals surface area (Å²) < 4.78 is 31.1. The predicted molar refractivity (Wildman–Crippen MR) is 124 cm³/mol. The lowest BCUT2D eigenvalue weighted by Gasteiger charge is -2.08. The number of aromatic nitrogens is 4. The minimum atomic E-state index is -2.86. The first kappa shape index (κ1) is 22.2. The zero-order chi connectivity index (χ0) is 22.5. The number of benzene rings is 2. The van der Waals surface area contributed by atoms with Crippen LogP contribution in [0.15, 0.2) is 71.7 Å². The monoisotopic (exact) mass is 470 g/mol. The van der Waals surface area contributed by atoms with Gasteiger partial charge in [-0.2, -0.15) is 8.78 Å². The Balaban J connectivity index is 1.51. The van der Waals surface area contributed by atoms with Crippen molar-refractivity contribution < 1.29 is 13.5 Å². The summed E-state index contributed by atoms with van der Waals surface area (Å²) in [5, 5.41) is 12.4. The van der Waals surface area contributed by atoms with Crippen molar-refractivity contribution in [1.29, 1.82) is 0 Å². The minimum absolute atomic E-state index is 0.0983. The van der Waals surface area contributed by atoms with E-state index in [0.29, 0.717) is 18.1 Å². The van der Waals surface area contributed by atoms with Crippen LogP contribution in [0, 0.1) is 6.92 Å². The van der Waals surface area contributed by atoms with E-state index in [0.717, 1.165) is 27.0 Å². The summed E-state index contributed by atoms with van der Waals surface area (Å²) >= 11 is 3.17. The highest BCUT2D eigenvalue weighted by atomic mass is 32.2. The number of halogens is 2. The van der Waals surface area contributed by atoms with E-state index >= 15 is 0 Å². The number of ether oxygens (including phenoxy) is 1. The summed E-state index contributed by atoms with van der Waals surface area (Å²) in [5.41, 5.74) is 4.07. The van der Waals surface area contributed by atoms with Gasteiger partial charge in [-0.3, -0.25) is 4.57 Å². The number of rotatable bonds is 9. The first-order chi connectivity index (χ1) is 15.5. The minimum Gasteiger partial charge on any atom is -0.435 e. The molecule has 0 N–H and O–H groups in total. The van der Waals surface area contributed by atoms with Crippen molar-refractivity contribution in [2.24, 2.45) is 0 Å². The molecule has 32 heavy (non-hydrogen) atoms. The van der Waals surface area contributed by atoms with Crippen LogP contribution in [-0.2, 0) is 12.3 Å². The van der Waals surface area contributed by atoms with Crippen LogP contribution in [0.2, 0.25) is 0 Å². The van der Waals surface area contributed by atoms with E-state index in [4.69, 9.17) is 4.98 Å². The van der Waals surface area contributed by atoms with Crippen molar-refractivity contribution >= 4 is 23.1 Å². The number of hydrogen-bond acceptors (Lipinski definition) is 6. The Morgan fingerprint density at radius 3 is 2.66 bits per heavy atom. The largest absolute Gasteiger partial charge is 0.435 e. The lowest BCUT2D eigenvalue weighted by Crippen LogP contribution is -2.02. The summed E-state index contributed by atoms with van der Waals surface area (Å²) in [6.45, 7) is 3.57. The zero-order valence-corrected chi connectivity index (χ0v) is 18.9. The third-order valence-electron chi connectivity index (χ3n) is 4.64. The number of thiazole rings is 1. The lowest BCUT2D eigenvalue weighted by atomic mass is 10.1. The van der Waals surface area contributed by atoms with Gasteiger partial charge in [0.1, 0.15) is 10.8 Å². The number of hydrogen-bond donors (Lipinski definition) is 0. The van der Waals surface area contributed by atoms with Crippen LogP contribution < -0.4 is 4.74 Å². The van der Waals surface area contributed by atoms with E-state index < -0.39 is 6.61 Å². The van der Waals surface area contributed by atoms with Crippen LogP contribution in [0.4, 0.5) is 8.78 Å². The lowest BCUT2D eigenvalue weighted by molar-refractivity contribution is -0.0498. The molecule has 0 unspecified atom stereocenters. The molecule has 5 nitrogen and oxygen atoms in total. The number of aryl methyl sites for hydroxylation is 1. The average Bonchev–Trinajstić information content (AvgIpc) is 3.40. The van der Waals surface area contributed by atoms with Crippen molar-refractivity contribution in [3.8, 4) is 27.7 Å². The molecule has 0 atom stereocenters. The molecule has 0 aliphatic heterocycles. The van der Waals surface area contributed by atoms with Gasteiger partial charge in [0, 0.05) is 28.8 Å². The first-order valence-corrected chi connectivity index (χ1v) is 11.6. The Labute approximate surface area is 192 Å². The maximum atomic E-state index is 12.4. The van der Waals surface area contributed by atoms with Gasteiger partial charge in [0.15, 0.2) is 11.0 Å². The second kappa shape index (κ2) is 10.1. The highest BCUT2D eigenvalue weighted by Crippen LogP contribution is 2.31. The molecular weight excluding hydrogens is 450 g/mol. The second-order valence-corrected chi connectivity index (χ2v) is 8.66. The highest BCUT2D eigenvalue weighted by Gasteiger charge is 2.15. The SMILES string of the molecule is C=CCn1c(SCc2csc(-c3ccccc3C)n2)nnc1-c1ccc(OC(F)F)cc1. The van der Waals surface area contributed by atoms with E-state index in [1.807, 2.05) is 16.7 Å². The molecule has 2 aromatic heterocycles. The summed E-state index contributed by atoms with van der Waals surface area (Å²) in [6, 6.07) is 14.5. The molecule has 2 heterocycles. The van der Waals surface area contributed by atoms with Crippen molar-refractivity contribution in [2.75, 3.05) is 0 Å². The van der Waals surface area contributed by atoms with Crippen LogP contribution in [0.5, 0.6) is 5.75 Å². The van der Waals surface area contributed by atoms with Gasteiger partial charge in [0.2, 0.25) is 0 Å². The standard InChI is InChI=1S/C23H20F2N4OS2/c1-3-12-29-20(16-8-10-18(11-9-16)30-22(24)25)27-28-23(29)32-14-17-13-31-21(26-17)19-7-5-4-6-15(19)2/h3-11,13,22H,1,12,14H2,2H3. The molecule has 0 aliphatic rings. The third kappa shape index (κ3) is 5.05. The molecule has 0 saturated heterocycles. The van der Waals surface area contributed by atoms with Crippen LogP contribution in [0.1, 0.15) is 11.3 Å². The zero-order valence-electron chi connectivity index (χ0n) is 17.2. The van der Waals surface area contributed by atoms with Crippen LogP contribution >= 0.6 is 23.1 Å². The fourth-order valence-corrected chi connectivity index (χ4v) is 4.99. The Kier molecular flexibility index (Phi) is 6.96. The second-order valence-electron chi connectivity index (χ2n) is 6.86. The van der Waals surface area contributed by atoms with E-state index in [1.54, 1.807) is 41.3 Å². The van der Waals surface area contributed by atoms with Gasteiger partial charge in [-0.15, -0.1) is 28.1 Å². The van der Waals surface area contributed by atoms with Gasteiger partial charge in [0.25, 0.3) is 0 Å². The van der Waals surface area contributed by atoms with Crippen molar-refractivity contribution in [2.45, 2.75) is 31.0 Å². The molecule has 0 radical (unpaired) electrons. The van der Waals surface area contributed by atoms with E-state index in [2.05, 4.69) is 45.9 Å². The van der Waals surface area contributed by atoms with Gasteiger partial charge in [0.05, 0.1) is 5.69 Å². The van der Waals surface area contributed by atoms with Crippen LogP contribution in [-0.4, -0.2) is 26.4 Å². The molecule has 9 heteroatoms. The molecule has 4 aromatic rings. The summed E-state index contributed by atoms with van der Waals surface area (Å²) in [4.78, 5) is 4.78. The molecular formula is C23H20F2N4OS2. The summed E-state index contributed by atoms with van der Waals surface area (Å²) in [7, 11) is 0. The third-order valence-corrected chi connectivity index (χ3v) is 6.57. The Morgan fingerprint density at radius 2 is 1.94 bits per heavy atom. The van der Waals surface area contributed by atoms with Crippen LogP contribution in [0.3, 0.4) is 0 Å². The van der Waals surface area contributed by atoms with Gasteiger partial charge in [-0.05, 0) is 36.8 Å². The van der Waals surface area contributed by atoms with Gasteiger partial charge in [-0.25, -0.2) is 4.98 Å². The van der Waals surface area contributed by atoms with E-state index in [1.165, 1.54) is 17.7 Å². The van der Waals surface area contributed by atoms with E-state index in [-0.39, 0.29) is 5.75 Å². The summed E-state index contributed by atoms with van der Waals surface area (Å²) in [5.74, 6) is 1.38. The maximum absolute atomic E-state index is 12.4. The fourth-order valence-electron chi connectivity index (χ4n) is 3.14. The first-order valence-electron chi connectivity index (χ1n) is 9.77. The Morgan fingerprint density at radius 1 is 1.16 bits per heavy atom. The molecule has 0 fully saturated rings. The predicted octanol–water partition coefficient (Wildman–Crippen LogP) is 6.46. The number of thioether (sulfide) groups is 1. The molecule has 0 amide bonds. The molecule has 0 aliphatic carbocycles. The fraction of sp³-hybridized carbons (Fsp3) is 0.174. The van der Waals surface area contributed by atoms with Crippen LogP contribution in [0.25, 0.3) is 22.0 Å². The topological polar surface area (TPSA) is 52.8 Å². The van der Waals surface area contributed by atoms with E-state index in [9.17, 15) is 8.78 Å². The van der Waals surface area contributed by atoms with Gasteiger partial charge < -0.3 is 4.74 Å². The molecule has 0 bridgehead atoms. The van der Waals surface area contributed by atoms with Crippen molar-refractivity contribution in [3.05, 3.63) is 77.8 Å². The molecule has 0 spiro atoms. The van der Waals surface area contributed by atoms with Gasteiger partial charge >= 0.3 is 6.61 Å². The maximum Gasteiger partial charge on any atom is 0.387 e. The smallest absolute Gasteiger partial charge is 0.387 e. The number of alkyl halides is 2. The normalized spacial score (nSPS) is 11.1. The molecule has 164 valence electrons. The quantitative estimate of drug-likeness (QED) is 0.208. The Bertz CT molecular complexity index is 1200. The van der Waals surface area contributed by atoms with Gasteiger partial charge in [-0.1, -0.05) is 42.1 Å². The average molecular weight is 471 g/mol. The Hall–Kier alpha value is -3.04. The van der Waals surface area contributed by atoms with Crippen molar-refractivity contribution in [3.63, 3.8) is 0 Å². The number of allylic oxidation sites excluding steroid dienone is 1. The highest BCUT2D eigenvalue weighted by molar-refractivity contribution is 7.98. The molecule has 0 saturated carbocycles. The van der Waals surface area contributed by atoms with Crippen molar-refractivity contribution in [1.82, 2.24) is 19.7 Å².